The van der Waals surface area contributed by atoms with E-state index in [2.05, 4.69) is 0 Å². The second-order valence-electron chi connectivity index (χ2n) is 6.45. The number of benzene rings is 1. The third-order valence-electron chi connectivity index (χ3n) is 4.41. The molecule has 2 heterocycles. The van der Waals surface area contributed by atoms with Crippen LogP contribution in [0.4, 0.5) is 0 Å². The number of rotatable bonds is 0. The van der Waals surface area contributed by atoms with Gasteiger partial charge in [0.15, 0.2) is 0 Å². The minimum absolute atomic E-state index is 0.177. The standard InChI is InChI=1S/C18H18O3/c1-18(2)10-9-14-15(21-18)8-7-12-11-5-3-4-6-13(11)17(19)20-16(12)14/h7-10H,3-6H2,1-2H3. The first-order valence-corrected chi connectivity index (χ1v) is 7.55. The van der Waals surface area contributed by atoms with Gasteiger partial charge in [-0.15, -0.1) is 0 Å². The largest absolute Gasteiger partial charge is 0.483 e. The molecule has 2 aliphatic rings. The average Bonchev–Trinajstić information content (AvgIpc) is 2.46. The van der Waals surface area contributed by atoms with E-state index < -0.39 is 0 Å². The van der Waals surface area contributed by atoms with Crippen LogP contribution in [0, 0.1) is 0 Å². The van der Waals surface area contributed by atoms with Crippen LogP contribution in [-0.4, -0.2) is 5.60 Å². The molecule has 0 atom stereocenters. The highest BCUT2D eigenvalue weighted by molar-refractivity contribution is 5.91. The molecule has 1 aromatic heterocycles. The Morgan fingerprint density at radius 2 is 1.86 bits per heavy atom. The summed E-state index contributed by atoms with van der Waals surface area (Å²) in [7, 11) is 0. The van der Waals surface area contributed by atoms with E-state index in [1.165, 1.54) is 5.56 Å². The van der Waals surface area contributed by atoms with Crippen LogP contribution in [0.1, 0.15) is 43.4 Å². The van der Waals surface area contributed by atoms with Crippen molar-refractivity contribution in [3.63, 3.8) is 0 Å². The Morgan fingerprint density at radius 1 is 1.10 bits per heavy atom. The number of ether oxygens (including phenoxy) is 1. The van der Waals surface area contributed by atoms with Gasteiger partial charge in [-0.05, 0) is 69.4 Å². The normalized spacial score (nSPS) is 19.0. The first-order chi connectivity index (χ1) is 10.1. The van der Waals surface area contributed by atoms with Gasteiger partial charge in [0.25, 0.3) is 0 Å². The maximum atomic E-state index is 12.3. The Morgan fingerprint density at radius 3 is 2.67 bits per heavy atom. The van der Waals surface area contributed by atoms with E-state index in [4.69, 9.17) is 9.15 Å². The predicted molar refractivity (Wildman–Crippen MR) is 82.9 cm³/mol. The molecule has 2 aromatic rings. The minimum Gasteiger partial charge on any atom is -0.483 e. The van der Waals surface area contributed by atoms with Crippen molar-refractivity contribution in [1.82, 2.24) is 0 Å². The molecule has 0 unspecified atom stereocenters. The predicted octanol–water partition coefficient (Wildman–Crippen LogP) is 3.86. The molecule has 0 radical (unpaired) electrons. The first kappa shape index (κ1) is 12.7. The van der Waals surface area contributed by atoms with Crippen molar-refractivity contribution in [2.24, 2.45) is 0 Å². The Labute approximate surface area is 123 Å². The van der Waals surface area contributed by atoms with Crippen LogP contribution in [0.2, 0.25) is 0 Å². The Balaban J connectivity index is 2.04. The third-order valence-corrected chi connectivity index (χ3v) is 4.41. The van der Waals surface area contributed by atoms with Gasteiger partial charge >= 0.3 is 5.63 Å². The van der Waals surface area contributed by atoms with Crippen LogP contribution >= 0.6 is 0 Å². The summed E-state index contributed by atoms with van der Waals surface area (Å²) < 4.78 is 11.6. The van der Waals surface area contributed by atoms with Gasteiger partial charge in [-0.1, -0.05) is 0 Å². The smallest absolute Gasteiger partial charge is 0.339 e. The summed E-state index contributed by atoms with van der Waals surface area (Å²) in [6.45, 7) is 4.03. The molecule has 0 saturated heterocycles. The van der Waals surface area contributed by atoms with Gasteiger partial charge in [0, 0.05) is 10.9 Å². The highest BCUT2D eigenvalue weighted by Crippen LogP contribution is 2.38. The van der Waals surface area contributed by atoms with E-state index >= 15 is 0 Å². The molecular formula is C18H18O3. The number of hydrogen-bond acceptors (Lipinski definition) is 3. The van der Waals surface area contributed by atoms with Crippen LogP contribution < -0.4 is 10.4 Å². The Hall–Kier alpha value is -2.03. The van der Waals surface area contributed by atoms with E-state index in [0.29, 0.717) is 5.58 Å². The molecule has 0 bridgehead atoms. The summed E-state index contributed by atoms with van der Waals surface area (Å²) in [6, 6.07) is 4.04. The van der Waals surface area contributed by atoms with Crippen molar-refractivity contribution < 1.29 is 9.15 Å². The van der Waals surface area contributed by atoms with Crippen molar-refractivity contribution in [2.45, 2.75) is 45.1 Å². The molecule has 108 valence electrons. The lowest BCUT2D eigenvalue weighted by Gasteiger charge is -2.28. The molecule has 3 heteroatoms. The average molecular weight is 282 g/mol. The van der Waals surface area contributed by atoms with Gasteiger partial charge < -0.3 is 9.15 Å². The molecule has 0 spiro atoms. The van der Waals surface area contributed by atoms with Crippen molar-refractivity contribution >= 4 is 17.0 Å². The van der Waals surface area contributed by atoms with Crippen LogP contribution in [0.5, 0.6) is 5.75 Å². The van der Waals surface area contributed by atoms with Gasteiger partial charge in [0.2, 0.25) is 0 Å². The monoisotopic (exact) mass is 282 g/mol. The van der Waals surface area contributed by atoms with Gasteiger partial charge in [-0.2, -0.15) is 0 Å². The second-order valence-corrected chi connectivity index (χ2v) is 6.45. The Kier molecular flexibility index (Phi) is 2.56. The van der Waals surface area contributed by atoms with Crippen molar-refractivity contribution in [1.29, 1.82) is 0 Å². The zero-order valence-electron chi connectivity index (χ0n) is 12.4. The summed E-state index contributed by atoms with van der Waals surface area (Å²) >= 11 is 0. The van der Waals surface area contributed by atoms with Gasteiger partial charge in [-0.3, -0.25) is 0 Å². The highest BCUT2D eigenvalue weighted by Gasteiger charge is 2.26. The molecule has 0 saturated carbocycles. The van der Waals surface area contributed by atoms with Crippen molar-refractivity contribution in [3.8, 4) is 5.75 Å². The molecular weight excluding hydrogens is 264 g/mol. The van der Waals surface area contributed by atoms with E-state index in [0.717, 1.165) is 47.9 Å². The summed E-state index contributed by atoms with van der Waals surface area (Å²) in [5.74, 6) is 0.786. The Bertz CT molecular complexity index is 824. The summed E-state index contributed by atoms with van der Waals surface area (Å²) in [5.41, 5.74) is 3.10. The molecule has 0 amide bonds. The van der Waals surface area contributed by atoms with Crippen LogP contribution in [0.3, 0.4) is 0 Å². The van der Waals surface area contributed by atoms with Gasteiger partial charge in [0.05, 0.1) is 5.56 Å². The van der Waals surface area contributed by atoms with E-state index in [1.54, 1.807) is 0 Å². The molecule has 1 aliphatic heterocycles. The van der Waals surface area contributed by atoms with Crippen LogP contribution in [-0.2, 0) is 12.8 Å². The molecule has 3 nitrogen and oxygen atoms in total. The number of hydrogen-bond donors (Lipinski definition) is 0. The topological polar surface area (TPSA) is 39.4 Å². The van der Waals surface area contributed by atoms with E-state index in [9.17, 15) is 4.79 Å². The number of aryl methyl sites for hydroxylation is 1. The summed E-state index contributed by atoms with van der Waals surface area (Å²) in [6.07, 6.45) is 8.04. The first-order valence-electron chi connectivity index (χ1n) is 7.55. The molecule has 21 heavy (non-hydrogen) atoms. The molecule has 0 N–H and O–H groups in total. The lowest BCUT2D eigenvalue weighted by atomic mass is 9.89. The number of fused-ring (bicyclic) bond motifs is 5. The highest BCUT2D eigenvalue weighted by atomic mass is 16.5. The zero-order valence-corrected chi connectivity index (χ0v) is 12.4. The third kappa shape index (κ3) is 1.91. The maximum absolute atomic E-state index is 12.3. The molecule has 4 rings (SSSR count). The van der Waals surface area contributed by atoms with Crippen LogP contribution in [0.15, 0.2) is 27.4 Å². The van der Waals surface area contributed by atoms with Crippen molar-refractivity contribution in [2.75, 3.05) is 0 Å². The van der Waals surface area contributed by atoms with Crippen LogP contribution in [0.25, 0.3) is 17.0 Å². The minimum atomic E-state index is -0.324. The lowest BCUT2D eigenvalue weighted by Crippen LogP contribution is -2.27. The van der Waals surface area contributed by atoms with Gasteiger partial charge in [-0.25, -0.2) is 4.79 Å². The van der Waals surface area contributed by atoms with Crippen molar-refractivity contribution in [3.05, 3.63) is 45.3 Å². The fraction of sp³-hybridized carbons (Fsp3) is 0.389. The van der Waals surface area contributed by atoms with E-state index in [-0.39, 0.29) is 11.2 Å². The molecule has 0 fully saturated rings. The van der Waals surface area contributed by atoms with Gasteiger partial charge in [0.1, 0.15) is 16.9 Å². The summed E-state index contributed by atoms with van der Waals surface area (Å²) in [5, 5.41) is 1.07. The fourth-order valence-electron chi connectivity index (χ4n) is 3.36. The quantitative estimate of drug-likeness (QED) is 0.689. The fourth-order valence-corrected chi connectivity index (χ4v) is 3.36. The summed E-state index contributed by atoms with van der Waals surface area (Å²) in [4.78, 5) is 12.3. The molecule has 1 aromatic carbocycles. The second kappa shape index (κ2) is 4.23. The SMILES string of the molecule is CC1(C)C=Cc2c(ccc3c4c(c(=O)oc23)CCCC4)O1. The molecule has 1 aliphatic carbocycles. The zero-order chi connectivity index (χ0) is 14.6. The lowest BCUT2D eigenvalue weighted by molar-refractivity contribution is 0.159. The maximum Gasteiger partial charge on any atom is 0.339 e. The van der Waals surface area contributed by atoms with E-state index in [1.807, 2.05) is 38.1 Å².